The zero-order chi connectivity index (χ0) is 20.2. The number of hydrogen-bond donors (Lipinski definition) is 3. The minimum absolute atomic E-state index is 0.130. The second kappa shape index (κ2) is 8.39. The first-order chi connectivity index (χ1) is 14.9. The van der Waals surface area contributed by atoms with E-state index in [2.05, 4.69) is 56.8 Å². The number of nitrogens with one attached hydrogen (secondary N) is 3. The molecule has 6 heteroatoms. The van der Waals surface area contributed by atoms with Crippen molar-refractivity contribution in [2.75, 3.05) is 5.32 Å². The Labute approximate surface area is 178 Å². The molecule has 0 fully saturated rings. The molecule has 0 saturated heterocycles. The molecular formula is C24H21N5S. The number of aromatic amines is 2. The SMILES string of the molecule is C(=N[C@H](Cc1c[nH]c2ccccc12)c1ncc(-c2ccccc2)[nH]1)Nc1cccs1. The van der Waals surface area contributed by atoms with Crippen LogP contribution in [0.15, 0.2) is 89.5 Å². The van der Waals surface area contributed by atoms with Crippen molar-refractivity contribution in [2.24, 2.45) is 4.99 Å². The highest BCUT2D eigenvalue weighted by Crippen LogP contribution is 2.27. The van der Waals surface area contributed by atoms with Crippen molar-refractivity contribution < 1.29 is 0 Å². The number of anilines is 1. The summed E-state index contributed by atoms with van der Waals surface area (Å²) < 4.78 is 0. The summed E-state index contributed by atoms with van der Waals surface area (Å²) in [7, 11) is 0. The smallest absolute Gasteiger partial charge is 0.131 e. The van der Waals surface area contributed by atoms with Crippen LogP contribution in [0.5, 0.6) is 0 Å². The Hall–Kier alpha value is -3.64. The van der Waals surface area contributed by atoms with Crippen LogP contribution in [0.25, 0.3) is 22.2 Å². The Morgan fingerprint density at radius 3 is 2.77 bits per heavy atom. The maximum atomic E-state index is 4.82. The third kappa shape index (κ3) is 3.90. The fraction of sp³-hybridized carbons (Fsp3) is 0.0833. The molecule has 148 valence electrons. The maximum Gasteiger partial charge on any atom is 0.131 e. The standard InChI is InChI=1S/C24H21N5S/c1-2-7-17(8-3-1)22-15-26-24(29-22)21(27-16-28-23-11-6-12-30-23)13-18-14-25-20-10-5-4-9-19(18)20/h1-12,14-16,21,25H,13H2,(H,26,29)(H,27,28)/t21-/m1/s1. The Bertz CT molecular complexity index is 1250. The van der Waals surface area contributed by atoms with Crippen LogP contribution >= 0.6 is 11.3 Å². The number of hydrogen-bond acceptors (Lipinski definition) is 3. The number of imidazole rings is 1. The third-order valence-electron chi connectivity index (χ3n) is 5.07. The number of benzene rings is 2. The Morgan fingerprint density at radius 2 is 1.90 bits per heavy atom. The quantitative estimate of drug-likeness (QED) is 0.226. The number of aliphatic imine (C=N–C) groups is 1. The number of rotatable bonds is 7. The predicted octanol–water partition coefficient (Wildman–Crippen LogP) is 6.04. The summed E-state index contributed by atoms with van der Waals surface area (Å²) in [5.74, 6) is 0.850. The van der Waals surface area contributed by atoms with Gasteiger partial charge in [0.25, 0.3) is 0 Å². The zero-order valence-electron chi connectivity index (χ0n) is 16.2. The Morgan fingerprint density at radius 1 is 1.03 bits per heavy atom. The van der Waals surface area contributed by atoms with Crippen LogP contribution in [0.1, 0.15) is 17.4 Å². The number of thiophene rings is 1. The molecule has 5 nitrogen and oxygen atoms in total. The number of para-hydroxylation sites is 1. The molecule has 3 heterocycles. The van der Waals surface area contributed by atoms with E-state index in [4.69, 9.17) is 4.99 Å². The van der Waals surface area contributed by atoms with E-state index < -0.39 is 0 Å². The largest absolute Gasteiger partial charge is 0.361 e. The Kier molecular flexibility index (Phi) is 5.14. The zero-order valence-corrected chi connectivity index (χ0v) is 17.1. The molecule has 0 aliphatic heterocycles. The third-order valence-corrected chi connectivity index (χ3v) is 5.87. The van der Waals surface area contributed by atoms with Gasteiger partial charge in [-0.2, -0.15) is 0 Å². The van der Waals surface area contributed by atoms with Crippen molar-refractivity contribution in [3.8, 4) is 11.3 Å². The first-order valence-electron chi connectivity index (χ1n) is 9.84. The van der Waals surface area contributed by atoms with Crippen molar-refractivity contribution >= 4 is 33.6 Å². The average molecular weight is 412 g/mol. The van der Waals surface area contributed by atoms with Gasteiger partial charge in [0.15, 0.2) is 0 Å². The molecule has 5 aromatic rings. The van der Waals surface area contributed by atoms with Gasteiger partial charge >= 0.3 is 0 Å². The first-order valence-corrected chi connectivity index (χ1v) is 10.7. The summed E-state index contributed by atoms with van der Waals surface area (Å²) in [5, 5.41) is 7.58. The molecule has 5 rings (SSSR count). The molecular weight excluding hydrogens is 390 g/mol. The summed E-state index contributed by atoms with van der Waals surface area (Å²) in [5.41, 5.74) is 4.47. The highest BCUT2D eigenvalue weighted by Gasteiger charge is 2.17. The van der Waals surface area contributed by atoms with Gasteiger partial charge in [-0.1, -0.05) is 48.5 Å². The summed E-state index contributed by atoms with van der Waals surface area (Å²) in [6.07, 6.45) is 6.47. The molecule has 30 heavy (non-hydrogen) atoms. The van der Waals surface area contributed by atoms with Gasteiger partial charge in [-0.15, -0.1) is 11.3 Å². The van der Waals surface area contributed by atoms with E-state index in [-0.39, 0.29) is 6.04 Å². The van der Waals surface area contributed by atoms with E-state index in [0.717, 1.165) is 34.0 Å². The second-order valence-electron chi connectivity index (χ2n) is 7.03. The van der Waals surface area contributed by atoms with Gasteiger partial charge in [0.2, 0.25) is 0 Å². The fourth-order valence-corrected chi connectivity index (χ4v) is 4.13. The molecule has 3 N–H and O–H groups in total. The van der Waals surface area contributed by atoms with Crippen LogP contribution in [-0.2, 0) is 6.42 Å². The lowest BCUT2D eigenvalue weighted by atomic mass is 10.0. The molecule has 0 bridgehead atoms. The monoisotopic (exact) mass is 411 g/mol. The van der Waals surface area contributed by atoms with Gasteiger partial charge in [0, 0.05) is 23.5 Å². The van der Waals surface area contributed by atoms with Gasteiger partial charge in [-0.05, 0) is 34.7 Å². The van der Waals surface area contributed by atoms with Crippen molar-refractivity contribution in [2.45, 2.75) is 12.5 Å². The molecule has 0 aliphatic rings. The highest BCUT2D eigenvalue weighted by atomic mass is 32.1. The topological polar surface area (TPSA) is 68.9 Å². The van der Waals surface area contributed by atoms with Gasteiger partial charge in [-0.3, -0.25) is 4.99 Å². The van der Waals surface area contributed by atoms with Crippen LogP contribution in [0, 0.1) is 0 Å². The highest BCUT2D eigenvalue weighted by molar-refractivity contribution is 7.14. The number of H-pyrrole nitrogens is 2. The van der Waals surface area contributed by atoms with E-state index in [1.54, 1.807) is 17.7 Å². The molecule has 1 atom stereocenters. The molecule has 2 aromatic carbocycles. The summed E-state index contributed by atoms with van der Waals surface area (Å²) in [6, 6.07) is 22.5. The van der Waals surface area contributed by atoms with Gasteiger partial charge in [-0.25, -0.2) is 4.98 Å². The first kappa shape index (κ1) is 18.4. The fourth-order valence-electron chi connectivity index (χ4n) is 3.55. The summed E-state index contributed by atoms with van der Waals surface area (Å²) >= 11 is 1.65. The summed E-state index contributed by atoms with van der Waals surface area (Å²) in [6.45, 7) is 0. The van der Waals surface area contributed by atoms with Crippen molar-refractivity contribution in [3.63, 3.8) is 0 Å². The molecule has 0 unspecified atom stereocenters. The minimum atomic E-state index is -0.130. The lowest BCUT2D eigenvalue weighted by Gasteiger charge is -2.10. The predicted molar refractivity (Wildman–Crippen MR) is 125 cm³/mol. The van der Waals surface area contributed by atoms with Gasteiger partial charge in [0.05, 0.1) is 23.2 Å². The van der Waals surface area contributed by atoms with Crippen LogP contribution in [-0.4, -0.2) is 21.3 Å². The van der Waals surface area contributed by atoms with Gasteiger partial charge < -0.3 is 15.3 Å². The molecule has 3 aromatic heterocycles. The van der Waals surface area contributed by atoms with E-state index in [1.165, 1.54) is 10.9 Å². The maximum absolute atomic E-state index is 4.82. The number of nitrogens with zero attached hydrogens (tertiary/aromatic N) is 2. The molecule has 0 saturated carbocycles. The summed E-state index contributed by atoms with van der Waals surface area (Å²) in [4.78, 5) is 16.3. The van der Waals surface area contributed by atoms with Crippen LogP contribution < -0.4 is 5.32 Å². The van der Waals surface area contributed by atoms with Crippen molar-refractivity contribution in [1.29, 1.82) is 0 Å². The minimum Gasteiger partial charge on any atom is -0.361 e. The van der Waals surface area contributed by atoms with E-state index in [1.807, 2.05) is 48.0 Å². The van der Waals surface area contributed by atoms with Crippen molar-refractivity contribution in [3.05, 3.63) is 95.9 Å². The van der Waals surface area contributed by atoms with Crippen LogP contribution in [0.3, 0.4) is 0 Å². The lowest BCUT2D eigenvalue weighted by molar-refractivity contribution is 0.686. The molecule has 0 aliphatic carbocycles. The molecule has 0 amide bonds. The number of fused-ring (bicyclic) bond motifs is 1. The second-order valence-corrected chi connectivity index (χ2v) is 7.98. The van der Waals surface area contributed by atoms with Crippen LogP contribution in [0.4, 0.5) is 5.00 Å². The van der Waals surface area contributed by atoms with E-state index in [0.29, 0.717) is 0 Å². The van der Waals surface area contributed by atoms with Crippen molar-refractivity contribution in [1.82, 2.24) is 15.0 Å². The normalized spacial score (nSPS) is 12.5. The van der Waals surface area contributed by atoms with Gasteiger partial charge in [0.1, 0.15) is 11.9 Å². The molecule has 0 radical (unpaired) electrons. The average Bonchev–Trinajstić information content (AvgIpc) is 3.55. The molecule has 0 spiro atoms. The number of aromatic nitrogens is 3. The Balaban J connectivity index is 1.45. The lowest BCUT2D eigenvalue weighted by Crippen LogP contribution is -2.05. The van der Waals surface area contributed by atoms with E-state index in [9.17, 15) is 0 Å². The van der Waals surface area contributed by atoms with Crippen LogP contribution in [0.2, 0.25) is 0 Å². The van der Waals surface area contributed by atoms with E-state index >= 15 is 0 Å².